The maximum atomic E-state index is 13.1. The first-order valence-corrected chi connectivity index (χ1v) is 10.8. The van der Waals surface area contributed by atoms with Gasteiger partial charge in [-0.05, 0) is 30.4 Å². The van der Waals surface area contributed by atoms with Crippen molar-refractivity contribution in [2.24, 2.45) is 5.92 Å². The van der Waals surface area contributed by atoms with Crippen molar-refractivity contribution in [3.05, 3.63) is 63.0 Å². The minimum atomic E-state index is 0.0296. The number of hydrogen-bond acceptors (Lipinski definition) is 4. The summed E-state index contributed by atoms with van der Waals surface area (Å²) in [5.41, 5.74) is 2.22. The monoisotopic (exact) mass is 393 g/mol. The number of aromatic nitrogens is 2. The molecule has 0 spiro atoms. The number of hydrogen-bond donors (Lipinski definition) is 0. The van der Waals surface area contributed by atoms with E-state index in [1.807, 2.05) is 35.2 Å². The Morgan fingerprint density at radius 3 is 2.75 bits per heavy atom. The van der Waals surface area contributed by atoms with Crippen molar-refractivity contribution in [3.63, 3.8) is 0 Å². The van der Waals surface area contributed by atoms with E-state index < -0.39 is 0 Å². The lowest BCUT2D eigenvalue weighted by atomic mass is 10.0. The maximum absolute atomic E-state index is 13.1. The number of benzene rings is 1. The van der Waals surface area contributed by atoms with E-state index in [4.69, 9.17) is 0 Å². The summed E-state index contributed by atoms with van der Waals surface area (Å²) in [4.78, 5) is 34.4. The molecule has 0 atom stereocenters. The highest BCUT2D eigenvalue weighted by Gasteiger charge is 2.31. The molecule has 1 aromatic carbocycles. The molecule has 2 aromatic heterocycles. The summed E-state index contributed by atoms with van der Waals surface area (Å²) in [6.07, 6.45) is 6.80. The van der Waals surface area contributed by atoms with Gasteiger partial charge in [0.05, 0.1) is 24.8 Å². The van der Waals surface area contributed by atoms with Crippen LogP contribution < -0.4 is 5.56 Å². The van der Waals surface area contributed by atoms with Gasteiger partial charge in [-0.2, -0.15) is 0 Å². The van der Waals surface area contributed by atoms with Crippen molar-refractivity contribution in [2.75, 3.05) is 6.54 Å². The molecular weight excluding hydrogens is 370 g/mol. The van der Waals surface area contributed by atoms with Crippen molar-refractivity contribution in [3.8, 4) is 0 Å². The molecule has 0 bridgehead atoms. The summed E-state index contributed by atoms with van der Waals surface area (Å²) in [5, 5.41) is 0.756. The van der Waals surface area contributed by atoms with E-state index in [9.17, 15) is 9.59 Å². The van der Waals surface area contributed by atoms with Gasteiger partial charge in [-0.3, -0.25) is 14.2 Å². The van der Waals surface area contributed by atoms with Gasteiger partial charge in [-0.25, -0.2) is 4.98 Å². The predicted octanol–water partition coefficient (Wildman–Crippen LogP) is 3.58. The van der Waals surface area contributed by atoms with Gasteiger partial charge in [0.1, 0.15) is 4.83 Å². The highest BCUT2D eigenvalue weighted by molar-refractivity contribution is 7.18. The molecule has 3 aromatic rings. The first-order chi connectivity index (χ1) is 13.7. The van der Waals surface area contributed by atoms with Crippen molar-refractivity contribution >= 4 is 27.5 Å². The normalized spacial score (nSPS) is 17.2. The van der Waals surface area contributed by atoms with Gasteiger partial charge < -0.3 is 4.90 Å². The Kier molecular flexibility index (Phi) is 4.51. The molecule has 1 fully saturated rings. The number of nitrogens with zero attached hydrogens (tertiary/aromatic N) is 3. The van der Waals surface area contributed by atoms with E-state index in [2.05, 4.69) is 4.98 Å². The molecule has 1 saturated carbocycles. The molecule has 1 aliphatic heterocycles. The third kappa shape index (κ3) is 3.05. The molecule has 144 valence electrons. The summed E-state index contributed by atoms with van der Waals surface area (Å²) in [5.74, 6) is 0.507. The standard InChI is InChI=1S/C22H23N3O2S/c26-21(16-8-4-5-9-16)24-11-10-17-18(13-24)28-20-19(17)22(27)25(14-23-20)12-15-6-2-1-3-7-15/h1-3,6-7,14,16H,4-5,8-13H2. The highest BCUT2D eigenvalue weighted by Crippen LogP contribution is 2.34. The first kappa shape index (κ1) is 17.6. The largest absolute Gasteiger partial charge is 0.337 e. The third-order valence-electron chi connectivity index (χ3n) is 6.04. The molecule has 1 aliphatic carbocycles. The molecule has 1 amide bonds. The van der Waals surface area contributed by atoms with Crippen LogP contribution in [0.15, 0.2) is 41.5 Å². The summed E-state index contributed by atoms with van der Waals surface area (Å²) >= 11 is 1.57. The lowest BCUT2D eigenvalue weighted by Crippen LogP contribution is -2.38. The number of thiophene rings is 1. The first-order valence-electron chi connectivity index (χ1n) is 10.0. The van der Waals surface area contributed by atoms with Gasteiger partial charge in [-0.1, -0.05) is 43.2 Å². The predicted molar refractivity (Wildman–Crippen MR) is 111 cm³/mol. The van der Waals surface area contributed by atoms with E-state index in [-0.39, 0.29) is 11.5 Å². The van der Waals surface area contributed by atoms with E-state index in [1.54, 1.807) is 22.2 Å². The lowest BCUT2D eigenvalue weighted by molar-refractivity contribution is -0.136. The third-order valence-corrected chi connectivity index (χ3v) is 7.16. The summed E-state index contributed by atoms with van der Waals surface area (Å²) in [6.45, 7) is 1.87. The van der Waals surface area contributed by atoms with Gasteiger partial charge >= 0.3 is 0 Å². The number of carbonyl (C=O) groups excluding carboxylic acids is 1. The zero-order chi connectivity index (χ0) is 19.1. The number of fused-ring (bicyclic) bond motifs is 3. The smallest absolute Gasteiger partial charge is 0.262 e. The van der Waals surface area contributed by atoms with E-state index in [0.29, 0.717) is 25.5 Å². The van der Waals surface area contributed by atoms with Crippen LogP contribution in [0.25, 0.3) is 10.2 Å². The molecule has 3 heterocycles. The Bertz CT molecular complexity index is 1080. The fourth-order valence-electron chi connectivity index (χ4n) is 4.53. The topological polar surface area (TPSA) is 55.2 Å². The molecular formula is C22H23N3O2S. The molecule has 0 N–H and O–H groups in total. The van der Waals surface area contributed by atoms with Gasteiger partial charge in [0.25, 0.3) is 5.56 Å². The summed E-state index contributed by atoms with van der Waals surface area (Å²) < 4.78 is 1.70. The Morgan fingerprint density at radius 2 is 1.96 bits per heavy atom. The van der Waals surface area contributed by atoms with Gasteiger partial charge in [0, 0.05) is 17.3 Å². The Morgan fingerprint density at radius 1 is 1.18 bits per heavy atom. The van der Waals surface area contributed by atoms with Gasteiger partial charge in [0.15, 0.2) is 0 Å². The lowest BCUT2D eigenvalue weighted by Gasteiger charge is -2.29. The molecule has 28 heavy (non-hydrogen) atoms. The van der Waals surface area contributed by atoms with Crippen LogP contribution in [0.3, 0.4) is 0 Å². The van der Waals surface area contributed by atoms with Crippen LogP contribution in [0, 0.1) is 5.92 Å². The SMILES string of the molecule is O=C(C1CCCC1)N1CCc2c(sc3ncn(Cc4ccccc4)c(=O)c23)C1. The molecule has 0 unspecified atom stereocenters. The molecule has 5 rings (SSSR count). The minimum absolute atomic E-state index is 0.0296. The van der Waals surface area contributed by atoms with E-state index in [1.165, 1.54) is 12.8 Å². The van der Waals surface area contributed by atoms with E-state index >= 15 is 0 Å². The fraction of sp³-hybridized carbons (Fsp3) is 0.409. The average Bonchev–Trinajstić information content (AvgIpc) is 3.38. The Balaban J connectivity index is 1.45. The van der Waals surface area contributed by atoms with Crippen LogP contribution in [0.4, 0.5) is 0 Å². The summed E-state index contributed by atoms with van der Waals surface area (Å²) in [7, 11) is 0. The number of rotatable bonds is 3. The Labute approximate surface area is 167 Å². The van der Waals surface area contributed by atoms with Crippen molar-refractivity contribution < 1.29 is 4.79 Å². The van der Waals surface area contributed by atoms with Crippen LogP contribution in [0.5, 0.6) is 0 Å². The number of amides is 1. The van der Waals surface area contributed by atoms with Crippen LogP contribution in [-0.2, 0) is 24.3 Å². The minimum Gasteiger partial charge on any atom is -0.337 e. The van der Waals surface area contributed by atoms with Gasteiger partial charge in [-0.15, -0.1) is 11.3 Å². The highest BCUT2D eigenvalue weighted by atomic mass is 32.1. The maximum Gasteiger partial charge on any atom is 0.262 e. The number of carbonyl (C=O) groups is 1. The van der Waals surface area contributed by atoms with Crippen molar-refractivity contribution in [1.82, 2.24) is 14.5 Å². The van der Waals surface area contributed by atoms with E-state index in [0.717, 1.165) is 45.5 Å². The Hall–Kier alpha value is -2.47. The van der Waals surface area contributed by atoms with Crippen molar-refractivity contribution in [1.29, 1.82) is 0 Å². The van der Waals surface area contributed by atoms with Gasteiger partial charge in [0.2, 0.25) is 5.91 Å². The fourth-order valence-corrected chi connectivity index (χ4v) is 5.72. The second-order valence-corrected chi connectivity index (χ2v) is 8.92. The van der Waals surface area contributed by atoms with Crippen LogP contribution in [0.1, 0.15) is 41.7 Å². The van der Waals surface area contributed by atoms with Crippen LogP contribution >= 0.6 is 11.3 Å². The zero-order valence-electron chi connectivity index (χ0n) is 15.8. The molecule has 0 saturated heterocycles. The average molecular weight is 394 g/mol. The quantitative estimate of drug-likeness (QED) is 0.683. The second-order valence-electron chi connectivity index (χ2n) is 7.84. The van der Waals surface area contributed by atoms with Crippen LogP contribution in [0.2, 0.25) is 0 Å². The molecule has 0 radical (unpaired) electrons. The summed E-state index contributed by atoms with van der Waals surface area (Å²) in [6, 6.07) is 9.98. The second kappa shape index (κ2) is 7.17. The molecule has 2 aliphatic rings. The molecule has 5 nitrogen and oxygen atoms in total. The van der Waals surface area contributed by atoms with Crippen molar-refractivity contribution in [2.45, 2.75) is 45.2 Å². The molecule has 6 heteroatoms. The zero-order valence-corrected chi connectivity index (χ0v) is 16.6. The van der Waals surface area contributed by atoms with Crippen LogP contribution in [-0.4, -0.2) is 26.9 Å².